The molecule has 0 aliphatic carbocycles. The molecule has 0 saturated heterocycles. The lowest BCUT2D eigenvalue weighted by Gasteiger charge is -2.14. The molecule has 1 N–H and O–H groups in total. The molecule has 0 radical (unpaired) electrons. The number of amides is 1. The van der Waals surface area contributed by atoms with Gasteiger partial charge in [0.15, 0.2) is 0 Å². The standard InChI is InChI=1S/C23H21N3OS/c1-17(19-11-6-3-7-12-19)24-23(27)20-16-26(15-18-9-4-2-5-10-18)25-22(20)21-13-8-14-28-21/h2-14,16-17H,15H2,1H3,(H,24,27)/t17-/m0/s1. The molecule has 0 aliphatic heterocycles. The monoisotopic (exact) mass is 387 g/mol. The summed E-state index contributed by atoms with van der Waals surface area (Å²) in [5, 5.41) is 9.82. The first-order valence-electron chi connectivity index (χ1n) is 9.22. The molecule has 5 heteroatoms. The van der Waals surface area contributed by atoms with Gasteiger partial charge in [0.1, 0.15) is 5.69 Å². The maximum Gasteiger partial charge on any atom is 0.255 e. The molecule has 0 saturated carbocycles. The lowest BCUT2D eigenvalue weighted by Crippen LogP contribution is -2.26. The van der Waals surface area contributed by atoms with Crippen LogP contribution in [0.15, 0.2) is 84.4 Å². The smallest absolute Gasteiger partial charge is 0.255 e. The van der Waals surface area contributed by atoms with Gasteiger partial charge in [-0.25, -0.2) is 0 Å². The number of aromatic nitrogens is 2. The highest BCUT2D eigenvalue weighted by Gasteiger charge is 2.20. The van der Waals surface area contributed by atoms with Gasteiger partial charge in [0.2, 0.25) is 0 Å². The fourth-order valence-corrected chi connectivity index (χ4v) is 3.86. The highest BCUT2D eigenvalue weighted by molar-refractivity contribution is 7.13. The second-order valence-electron chi connectivity index (χ2n) is 6.66. The zero-order valence-electron chi connectivity index (χ0n) is 15.6. The second-order valence-corrected chi connectivity index (χ2v) is 7.61. The van der Waals surface area contributed by atoms with E-state index in [1.807, 2.05) is 83.8 Å². The number of nitrogens with one attached hydrogen (secondary N) is 1. The predicted octanol–water partition coefficient (Wildman–Crippen LogP) is 5.15. The number of carbonyl (C=O) groups is 1. The Hall–Kier alpha value is -3.18. The van der Waals surface area contributed by atoms with Crippen LogP contribution in [0.4, 0.5) is 0 Å². The maximum atomic E-state index is 13.1. The third-order valence-electron chi connectivity index (χ3n) is 4.60. The molecule has 2 heterocycles. The topological polar surface area (TPSA) is 46.9 Å². The Balaban J connectivity index is 1.62. The van der Waals surface area contributed by atoms with E-state index in [4.69, 9.17) is 5.10 Å². The zero-order valence-corrected chi connectivity index (χ0v) is 16.4. The number of carbonyl (C=O) groups excluding carboxylic acids is 1. The van der Waals surface area contributed by atoms with Gasteiger partial charge in [-0.05, 0) is 29.5 Å². The van der Waals surface area contributed by atoms with Crippen LogP contribution in [0.1, 0.15) is 34.5 Å². The van der Waals surface area contributed by atoms with Crippen molar-refractivity contribution in [3.8, 4) is 10.6 Å². The molecule has 4 rings (SSSR count). The summed E-state index contributed by atoms with van der Waals surface area (Å²) in [7, 11) is 0. The Labute approximate surface area is 168 Å². The summed E-state index contributed by atoms with van der Waals surface area (Å²) in [6, 6.07) is 24.0. The Morgan fingerprint density at radius 2 is 1.75 bits per heavy atom. The summed E-state index contributed by atoms with van der Waals surface area (Å²) in [6.07, 6.45) is 1.84. The number of hydrogen-bond acceptors (Lipinski definition) is 3. The van der Waals surface area contributed by atoms with Gasteiger partial charge in [0, 0.05) is 6.20 Å². The quantitative estimate of drug-likeness (QED) is 0.497. The van der Waals surface area contributed by atoms with Crippen LogP contribution < -0.4 is 5.32 Å². The summed E-state index contributed by atoms with van der Waals surface area (Å²) in [5.41, 5.74) is 3.54. The molecular weight excluding hydrogens is 366 g/mol. The molecule has 4 aromatic rings. The van der Waals surface area contributed by atoms with Gasteiger partial charge in [-0.2, -0.15) is 5.10 Å². The SMILES string of the molecule is C[C@H](NC(=O)c1cn(Cc2ccccc2)nc1-c1cccs1)c1ccccc1. The minimum Gasteiger partial charge on any atom is -0.345 e. The average Bonchev–Trinajstić information content (AvgIpc) is 3.39. The van der Waals surface area contributed by atoms with Gasteiger partial charge in [0.25, 0.3) is 5.91 Å². The van der Waals surface area contributed by atoms with Crippen LogP contribution in [0.3, 0.4) is 0 Å². The molecule has 0 bridgehead atoms. The molecule has 2 aromatic carbocycles. The highest BCUT2D eigenvalue weighted by Crippen LogP contribution is 2.27. The van der Waals surface area contributed by atoms with Gasteiger partial charge in [-0.3, -0.25) is 9.48 Å². The van der Waals surface area contributed by atoms with Crippen LogP contribution in [-0.2, 0) is 6.54 Å². The van der Waals surface area contributed by atoms with Gasteiger partial charge in [-0.15, -0.1) is 11.3 Å². The molecule has 2 aromatic heterocycles. The first-order chi connectivity index (χ1) is 13.7. The first-order valence-corrected chi connectivity index (χ1v) is 10.1. The number of benzene rings is 2. The van der Waals surface area contributed by atoms with Gasteiger partial charge < -0.3 is 5.32 Å². The van der Waals surface area contributed by atoms with Gasteiger partial charge in [-0.1, -0.05) is 66.7 Å². The van der Waals surface area contributed by atoms with Crippen molar-refractivity contribution in [2.24, 2.45) is 0 Å². The summed E-state index contributed by atoms with van der Waals surface area (Å²) in [4.78, 5) is 14.0. The number of rotatable bonds is 6. The molecule has 0 unspecified atom stereocenters. The Bertz CT molecular complexity index is 1040. The van der Waals surface area contributed by atoms with Crippen molar-refractivity contribution in [2.75, 3.05) is 0 Å². The van der Waals surface area contributed by atoms with E-state index < -0.39 is 0 Å². The van der Waals surface area contributed by atoms with Crippen LogP contribution in [0, 0.1) is 0 Å². The van der Waals surface area contributed by atoms with Crippen molar-refractivity contribution in [1.29, 1.82) is 0 Å². The van der Waals surface area contributed by atoms with Crippen LogP contribution in [0.5, 0.6) is 0 Å². The molecule has 28 heavy (non-hydrogen) atoms. The van der Waals surface area contributed by atoms with E-state index in [1.165, 1.54) is 0 Å². The normalized spacial score (nSPS) is 11.9. The van der Waals surface area contributed by atoms with E-state index >= 15 is 0 Å². The fraction of sp³-hybridized carbons (Fsp3) is 0.130. The zero-order chi connectivity index (χ0) is 19.3. The van der Waals surface area contributed by atoms with Crippen LogP contribution >= 0.6 is 11.3 Å². The van der Waals surface area contributed by atoms with Crippen molar-refractivity contribution < 1.29 is 4.79 Å². The average molecular weight is 388 g/mol. The van der Waals surface area contributed by atoms with Crippen molar-refractivity contribution in [3.63, 3.8) is 0 Å². The van der Waals surface area contributed by atoms with Crippen molar-refractivity contribution >= 4 is 17.2 Å². The minimum absolute atomic E-state index is 0.0811. The minimum atomic E-state index is -0.112. The highest BCUT2D eigenvalue weighted by atomic mass is 32.1. The Morgan fingerprint density at radius 1 is 1.04 bits per heavy atom. The molecule has 4 nitrogen and oxygen atoms in total. The molecule has 1 atom stereocenters. The maximum absolute atomic E-state index is 13.1. The molecule has 140 valence electrons. The first kappa shape index (κ1) is 18.2. The molecule has 0 aliphatic rings. The number of nitrogens with zero attached hydrogens (tertiary/aromatic N) is 2. The largest absolute Gasteiger partial charge is 0.345 e. The van der Waals surface area contributed by atoms with Crippen LogP contribution in [-0.4, -0.2) is 15.7 Å². The van der Waals surface area contributed by atoms with E-state index in [0.717, 1.165) is 21.7 Å². The Kier molecular flexibility index (Phi) is 5.35. The lowest BCUT2D eigenvalue weighted by atomic mass is 10.1. The van der Waals surface area contributed by atoms with Crippen molar-refractivity contribution in [2.45, 2.75) is 19.5 Å². The fourth-order valence-electron chi connectivity index (χ4n) is 3.13. The van der Waals surface area contributed by atoms with Gasteiger partial charge >= 0.3 is 0 Å². The summed E-state index contributed by atoms with van der Waals surface area (Å²) >= 11 is 1.59. The Morgan fingerprint density at radius 3 is 2.43 bits per heavy atom. The second kappa shape index (κ2) is 8.23. The molecule has 1 amide bonds. The van der Waals surface area contributed by atoms with E-state index in [0.29, 0.717) is 12.1 Å². The number of thiophene rings is 1. The number of hydrogen-bond donors (Lipinski definition) is 1. The molecule has 0 fully saturated rings. The summed E-state index contributed by atoms with van der Waals surface area (Å²) in [6.45, 7) is 2.62. The summed E-state index contributed by atoms with van der Waals surface area (Å²) in [5.74, 6) is -0.112. The molecule has 0 spiro atoms. The summed E-state index contributed by atoms with van der Waals surface area (Å²) < 4.78 is 1.84. The third-order valence-corrected chi connectivity index (χ3v) is 5.47. The lowest BCUT2D eigenvalue weighted by molar-refractivity contribution is 0.0940. The predicted molar refractivity (Wildman–Crippen MR) is 113 cm³/mol. The van der Waals surface area contributed by atoms with Crippen LogP contribution in [0.25, 0.3) is 10.6 Å². The van der Waals surface area contributed by atoms with Crippen molar-refractivity contribution in [3.05, 3.63) is 101 Å². The van der Waals surface area contributed by atoms with E-state index in [-0.39, 0.29) is 11.9 Å². The van der Waals surface area contributed by atoms with E-state index in [1.54, 1.807) is 11.3 Å². The molecular formula is C23H21N3OS. The van der Waals surface area contributed by atoms with Gasteiger partial charge in [0.05, 0.1) is 23.0 Å². The van der Waals surface area contributed by atoms with Crippen LogP contribution in [0.2, 0.25) is 0 Å². The van der Waals surface area contributed by atoms with E-state index in [9.17, 15) is 4.79 Å². The third kappa shape index (κ3) is 4.05. The van der Waals surface area contributed by atoms with E-state index in [2.05, 4.69) is 17.4 Å². The van der Waals surface area contributed by atoms with Crippen molar-refractivity contribution in [1.82, 2.24) is 15.1 Å².